The molecule has 1 saturated carbocycles. The molecule has 1 N–H and O–H groups in total. The summed E-state index contributed by atoms with van der Waals surface area (Å²) in [4.78, 5) is 23.5. The van der Waals surface area contributed by atoms with E-state index in [2.05, 4.69) is 27.3 Å². The van der Waals surface area contributed by atoms with E-state index in [4.69, 9.17) is 10.00 Å². The molecule has 2 rings (SSSR count). The fraction of sp³-hybridized carbons (Fsp3) is 0.400. The average molecular weight is 369 g/mol. The topological polar surface area (TPSA) is 79.2 Å². The van der Waals surface area contributed by atoms with Crippen molar-refractivity contribution in [3.05, 3.63) is 34.1 Å². The highest BCUT2D eigenvalue weighted by Crippen LogP contribution is 2.39. The summed E-state index contributed by atoms with van der Waals surface area (Å²) >= 11 is 3.08. The van der Waals surface area contributed by atoms with Crippen molar-refractivity contribution < 1.29 is 18.7 Å². The van der Waals surface area contributed by atoms with Crippen molar-refractivity contribution in [3.8, 4) is 6.07 Å². The fourth-order valence-corrected chi connectivity index (χ4v) is 2.40. The lowest BCUT2D eigenvalue weighted by Crippen LogP contribution is -2.48. The van der Waals surface area contributed by atoms with Gasteiger partial charge in [0.25, 0.3) is 5.91 Å². The van der Waals surface area contributed by atoms with Crippen molar-refractivity contribution >= 4 is 27.8 Å². The number of nitrogens with one attached hydrogen (secondary N) is 1. The zero-order chi connectivity index (χ0) is 16.3. The van der Waals surface area contributed by atoms with Crippen LogP contribution in [0.3, 0.4) is 0 Å². The quantitative estimate of drug-likeness (QED) is 0.810. The van der Waals surface area contributed by atoms with Crippen LogP contribution >= 0.6 is 15.9 Å². The Labute approximate surface area is 135 Å². The Kier molecular flexibility index (Phi) is 4.81. The summed E-state index contributed by atoms with van der Waals surface area (Å²) in [6.45, 7) is 1.08. The van der Waals surface area contributed by atoms with Crippen LogP contribution in [0, 0.1) is 23.1 Å². The van der Waals surface area contributed by atoms with Crippen LogP contribution in [0.15, 0.2) is 22.7 Å². The Balaban J connectivity index is 1.91. The molecular formula is C15H14BrFN2O3. The zero-order valence-electron chi connectivity index (χ0n) is 11.9. The highest BCUT2D eigenvalue weighted by molar-refractivity contribution is 9.10. The molecule has 1 aliphatic carbocycles. The van der Waals surface area contributed by atoms with Crippen LogP contribution < -0.4 is 5.32 Å². The summed E-state index contributed by atoms with van der Waals surface area (Å²) in [7, 11) is 0. The maximum absolute atomic E-state index is 13.6. The van der Waals surface area contributed by atoms with Gasteiger partial charge in [-0.05, 0) is 43.9 Å². The normalized spacial score (nSPS) is 16.3. The van der Waals surface area contributed by atoms with Gasteiger partial charge in [-0.15, -0.1) is 0 Å². The number of rotatable bonds is 5. The van der Waals surface area contributed by atoms with Gasteiger partial charge in [-0.1, -0.05) is 15.9 Å². The lowest BCUT2D eigenvalue weighted by Gasteiger charge is -2.22. The molecule has 0 aromatic heterocycles. The molecule has 0 heterocycles. The summed E-state index contributed by atoms with van der Waals surface area (Å²) in [6.07, 6.45) is 1.77. The molecule has 1 aliphatic rings. The van der Waals surface area contributed by atoms with Crippen molar-refractivity contribution in [2.24, 2.45) is 5.92 Å². The van der Waals surface area contributed by atoms with Gasteiger partial charge < -0.3 is 10.1 Å². The predicted octanol–water partition coefficient (Wildman–Crippen LogP) is 2.55. The van der Waals surface area contributed by atoms with E-state index in [1.54, 1.807) is 6.92 Å². The smallest absolute Gasteiger partial charge is 0.341 e. The second-order valence-corrected chi connectivity index (χ2v) is 6.25. The van der Waals surface area contributed by atoms with E-state index >= 15 is 0 Å². The molecular weight excluding hydrogens is 355 g/mol. The van der Waals surface area contributed by atoms with Crippen molar-refractivity contribution in [1.29, 1.82) is 5.26 Å². The van der Waals surface area contributed by atoms with Crippen LogP contribution in [0.4, 0.5) is 4.39 Å². The molecule has 116 valence electrons. The minimum absolute atomic E-state index is 0.126. The average Bonchev–Trinajstić information content (AvgIpc) is 3.29. The van der Waals surface area contributed by atoms with Gasteiger partial charge in [-0.3, -0.25) is 4.79 Å². The minimum Gasteiger partial charge on any atom is -0.452 e. The van der Waals surface area contributed by atoms with Crippen molar-refractivity contribution in [1.82, 2.24) is 5.32 Å². The number of carbonyl (C=O) groups excluding carboxylic acids is 2. The van der Waals surface area contributed by atoms with Crippen molar-refractivity contribution in [2.75, 3.05) is 6.61 Å². The number of halogens is 2. The number of amides is 1. The number of benzene rings is 1. The molecule has 0 radical (unpaired) electrons. The van der Waals surface area contributed by atoms with Gasteiger partial charge in [0, 0.05) is 4.47 Å². The van der Waals surface area contributed by atoms with Crippen LogP contribution in [-0.4, -0.2) is 24.0 Å². The monoisotopic (exact) mass is 368 g/mol. The first-order valence-corrected chi connectivity index (χ1v) is 7.49. The Morgan fingerprint density at radius 2 is 2.23 bits per heavy atom. The molecule has 1 aromatic carbocycles. The number of esters is 1. The van der Waals surface area contributed by atoms with E-state index in [1.165, 1.54) is 12.1 Å². The van der Waals surface area contributed by atoms with E-state index < -0.39 is 29.8 Å². The molecule has 0 bridgehead atoms. The number of nitriles is 1. The van der Waals surface area contributed by atoms with Gasteiger partial charge in [-0.2, -0.15) is 5.26 Å². The van der Waals surface area contributed by atoms with E-state index in [1.807, 2.05) is 0 Å². The zero-order valence-corrected chi connectivity index (χ0v) is 13.4. The summed E-state index contributed by atoms with van der Waals surface area (Å²) in [6, 6.07) is 5.97. The molecule has 0 unspecified atom stereocenters. The predicted molar refractivity (Wildman–Crippen MR) is 79.3 cm³/mol. The maximum Gasteiger partial charge on any atom is 0.341 e. The molecule has 0 saturated heterocycles. The summed E-state index contributed by atoms with van der Waals surface area (Å²) < 4.78 is 18.9. The van der Waals surface area contributed by atoms with E-state index in [0.717, 1.165) is 18.9 Å². The van der Waals surface area contributed by atoms with Crippen molar-refractivity contribution in [2.45, 2.75) is 25.3 Å². The van der Waals surface area contributed by atoms with Crippen LogP contribution in [0.2, 0.25) is 0 Å². The number of hydrogen-bond acceptors (Lipinski definition) is 4. The summed E-state index contributed by atoms with van der Waals surface area (Å²) in [5.74, 6) is -2.12. The largest absolute Gasteiger partial charge is 0.452 e. The molecule has 5 nitrogen and oxygen atoms in total. The van der Waals surface area contributed by atoms with Gasteiger partial charge in [0.2, 0.25) is 0 Å². The number of nitrogens with zero attached hydrogens (tertiary/aromatic N) is 1. The van der Waals surface area contributed by atoms with Gasteiger partial charge in [0.05, 0.1) is 11.6 Å². The third-order valence-electron chi connectivity index (χ3n) is 3.51. The third kappa shape index (κ3) is 3.83. The number of ether oxygens (including phenoxy) is 1. The summed E-state index contributed by atoms with van der Waals surface area (Å²) in [5, 5.41) is 11.7. The SMILES string of the molecule is C[C@](C#N)(NC(=O)COC(=O)c1ccc(Br)cc1F)C1CC1. The Morgan fingerprint density at radius 1 is 1.55 bits per heavy atom. The second kappa shape index (κ2) is 6.44. The second-order valence-electron chi connectivity index (χ2n) is 5.34. The third-order valence-corrected chi connectivity index (χ3v) is 4.00. The van der Waals surface area contributed by atoms with Gasteiger partial charge in [0.15, 0.2) is 6.61 Å². The van der Waals surface area contributed by atoms with Gasteiger partial charge >= 0.3 is 5.97 Å². The van der Waals surface area contributed by atoms with Crippen LogP contribution in [0.25, 0.3) is 0 Å². The Hall–Kier alpha value is -1.94. The van der Waals surface area contributed by atoms with Crippen molar-refractivity contribution in [3.63, 3.8) is 0 Å². The number of hydrogen-bond donors (Lipinski definition) is 1. The first kappa shape index (κ1) is 16.4. The summed E-state index contributed by atoms with van der Waals surface area (Å²) in [5.41, 5.74) is -1.20. The van der Waals surface area contributed by atoms with E-state index in [9.17, 15) is 14.0 Å². The fourth-order valence-electron chi connectivity index (χ4n) is 2.07. The number of carbonyl (C=O) groups is 2. The molecule has 1 amide bonds. The van der Waals surface area contributed by atoms with Gasteiger partial charge in [-0.25, -0.2) is 9.18 Å². The Bertz CT molecular complexity index is 655. The van der Waals surface area contributed by atoms with Crippen LogP contribution in [0.5, 0.6) is 0 Å². The lowest BCUT2D eigenvalue weighted by atomic mass is 9.98. The van der Waals surface area contributed by atoms with Crippen LogP contribution in [-0.2, 0) is 9.53 Å². The molecule has 1 fully saturated rings. The minimum atomic E-state index is -0.952. The molecule has 0 aliphatic heterocycles. The molecule has 22 heavy (non-hydrogen) atoms. The molecule has 0 spiro atoms. The van der Waals surface area contributed by atoms with Crippen LogP contribution in [0.1, 0.15) is 30.1 Å². The Morgan fingerprint density at radius 3 is 2.77 bits per heavy atom. The highest BCUT2D eigenvalue weighted by Gasteiger charge is 2.43. The highest BCUT2D eigenvalue weighted by atomic mass is 79.9. The lowest BCUT2D eigenvalue weighted by molar-refractivity contribution is -0.125. The first-order valence-electron chi connectivity index (χ1n) is 6.70. The molecule has 1 atom stereocenters. The maximum atomic E-state index is 13.6. The first-order chi connectivity index (χ1) is 10.4. The van der Waals surface area contributed by atoms with E-state index in [-0.39, 0.29) is 11.5 Å². The molecule has 1 aromatic rings. The van der Waals surface area contributed by atoms with E-state index in [0.29, 0.717) is 4.47 Å². The molecule has 7 heteroatoms. The standard InChI is InChI=1S/C15H14BrFN2O3/c1-15(8-18,9-2-3-9)19-13(20)7-22-14(21)11-5-4-10(16)6-12(11)17/h4-6,9H,2-3,7H2,1H3,(H,19,20)/t15-/m1/s1. The van der Waals surface area contributed by atoms with Gasteiger partial charge in [0.1, 0.15) is 11.4 Å².